The first-order valence-corrected chi connectivity index (χ1v) is 14.2. The number of amides is 3. The van der Waals surface area contributed by atoms with E-state index in [0.717, 1.165) is 38.6 Å². The third-order valence-electron chi connectivity index (χ3n) is 8.28. The number of likely N-dealkylation sites (tertiary alicyclic amines) is 2. The fraction of sp³-hybridized carbons (Fsp3) is 0.700. The lowest BCUT2D eigenvalue weighted by atomic mass is 9.85. The number of nitrogens with zero attached hydrogens (tertiary/aromatic N) is 4. The second-order valence-electron chi connectivity index (χ2n) is 12.4. The Hall–Kier alpha value is -2.45. The van der Waals surface area contributed by atoms with Gasteiger partial charge < -0.3 is 15.1 Å². The van der Waals surface area contributed by atoms with Crippen LogP contribution in [-0.2, 0) is 20.8 Å². The Kier molecular flexibility index (Phi) is 10.4. The Labute approximate surface area is 229 Å². The molecular weight excluding hydrogens is 478 g/mol. The highest BCUT2D eigenvalue weighted by Gasteiger charge is 2.41. The number of rotatable bonds is 10. The van der Waals surface area contributed by atoms with Crippen LogP contribution in [0.1, 0.15) is 58.9 Å². The summed E-state index contributed by atoms with van der Waals surface area (Å²) in [5.41, 5.74) is 0.760. The second-order valence-corrected chi connectivity index (χ2v) is 12.4. The number of carbonyl (C=O) groups is 3. The molecule has 0 radical (unpaired) electrons. The molecule has 2 aliphatic heterocycles. The van der Waals surface area contributed by atoms with Crippen LogP contribution in [0, 0.1) is 5.41 Å². The molecule has 38 heavy (non-hydrogen) atoms. The van der Waals surface area contributed by atoms with Crippen molar-refractivity contribution in [3.8, 4) is 0 Å². The molecule has 3 amide bonds. The highest BCUT2D eigenvalue weighted by Crippen LogP contribution is 2.27. The van der Waals surface area contributed by atoms with E-state index in [1.807, 2.05) is 81.7 Å². The molecule has 2 saturated heterocycles. The van der Waals surface area contributed by atoms with E-state index in [2.05, 4.69) is 22.3 Å². The maximum atomic E-state index is 14.0. The van der Waals surface area contributed by atoms with Crippen LogP contribution in [0.5, 0.6) is 0 Å². The molecule has 0 saturated carbocycles. The third-order valence-corrected chi connectivity index (χ3v) is 8.28. The summed E-state index contributed by atoms with van der Waals surface area (Å²) in [6.45, 7) is 10.6. The van der Waals surface area contributed by atoms with E-state index in [-0.39, 0.29) is 35.8 Å². The molecule has 1 aromatic carbocycles. The molecule has 8 nitrogen and oxygen atoms in total. The number of nitrogens with one attached hydrogen (secondary N) is 1. The number of benzene rings is 1. The molecule has 212 valence electrons. The molecule has 8 heteroatoms. The minimum absolute atomic E-state index is 0.0484. The number of hydrogen-bond donors (Lipinski definition) is 1. The van der Waals surface area contributed by atoms with Crippen molar-refractivity contribution < 1.29 is 14.4 Å². The van der Waals surface area contributed by atoms with Gasteiger partial charge in [0.1, 0.15) is 6.04 Å². The highest BCUT2D eigenvalue weighted by atomic mass is 16.2. The third kappa shape index (κ3) is 7.56. The minimum Gasteiger partial charge on any atom is -0.342 e. The van der Waals surface area contributed by atoms with Crippen molar-refractivity contribution in [1.82, 2.24) is 24.9 Å². The fourth-order valence-electron chi connectivity index (χ4n) is 5.52. The van der Waals surface area contributed by atoms with Gasteiger partial charge in [0.25, 0.3) is 0 Å². The predicted octanol–water partition coefficient (Wildman–Crippen LogP) is 2.62. The first-order valence-electron chi connectivity index (χ1n) is 14.2. The van der Waals surface area contributed by atoms with E-state index in [0.29, 0.717) is 19.6 Å². The fourth-order valence-corrected chi connectivity index (χ4v) is 5.52. The zero-order valence-electron chi connectivity index (χ0n) is 24.6. The van der Waals surface area contributed by atoms with Gasteiger partial charge in [-0.2, -0.15) is 0 Å². The van der Waals surface area contributed by atoms with Gasteiger partial charge in [0.05, 0.1) is 12.1 Å². The first kappa shape index (κ1) is 30.1. The van der Waals surface area contributed by atoms with Crippen molar-refractivity contribution in [2.24, 2.45) is 5.41 Å². The minimum atomic E-state index is -0.632. The smallest absolute Gasteiger partial charge is 0.246 e. The molecule has 2 heterocycles. The van der Waals surface area contributed by atoms with Gasteiger partial charge in [-0.05, 0) is 77.7 Å². The molecule has 1 aromatic rings. The molecule has 0 aliphatic carbocycles. The van der Waals surface area contributed by atoms with Crippen molar-refractivity contribution in [3.05, 3.63) is 35.9 Å². The molecule has 0 spiro atoms. The number of hydrogen-bond acceptors (Lipinski definition) is 5. The van der Waals surface area contributed by atoms with Gasteiger partial charge in [0, 0.05) is 25.7 Å². The van der Waals surface area contributed by atoms with Crippen LogP contribution in [-0.4, -0.2) is 109 Å². The van der Waals surface area contributed by atoms with Crippen LogP contribution < -0.4 is 5.32 Å². The Morgan fingerprint density at radius 2 is 1.71 bits per heavy atom. The molecule has 3 rings (SSSR count). The lowest BCUT2D eigenvalue weighted by Gasteiger charge is -2.38. The van der Waals surface area contributed by atoms with Crippen LogP contribution in [0.4, 0.5) is 0 Å². The molecule has 1 N–H and O–H groups in total. The van der Waals surface area contributed by atoms with Crippen LogP contribution in [0.3, 0.4) is 0 Å². The van der Waals surface area contributed by atoms with Gasteiger partial charge in [-0.1, -0.05) is 51.1 Å². The van der Waals surface area contributed by atoms with Gasteiger partial charge in [-0.25, -0.2) is 0 Å². The first-order chi connectivity index (χ1) is 17.9. The summed E-state index contributed by atoms with van der Waals surface area (Å²) in [5, 5.41) is 3.05. The van der Waals surface area contributed by atoms with Gasteiger partial charge >= 0.3 is 0 Å². The van der Waals surface area contributed by atoms with E-state index in [1.54, 1.807) is 0 Å². The predicted molar refractivity (Wildman–Crippen MR) is 152 cm³/mol. The maximum Gasteiger partial charge on any atom is 0.246 e. The van der Waals surface area contributed by atoms with Gasteiger partial charge in [0.15, 0.2) is 0 Å². The normalized spacial score (nSPS) is 21.9. The standard InChI is InChI=1S/C30H49N5O3/c1-22(32(5)6)27(36)31-26(30(2,3)4)29(38)35-19-11-15-24(35)21-34(20-17-23-13-9-8-10-14-23)28(37)25-16-12-18-33(25)7/h8-10,13-14,22,24-26H,11-12,15-21H2,1-7H3,(H,31,36)/t22-,24-,25+,26+/m0/s1. The Balaban J connectivity index is 1.77. The Bertz CT molecular complexity index is 945. The number of likely N-dealkylation sites (N-methyl/N-ethyl adjacent to an activating group) is 2. The lowest BCUT2D eigenvalue weighted by molar-refractivity contribution is -0.143. The van der Waals surface area contributed by atoms with Crippen molar-refractivity contribution in [3.63, 3.8) is 0 Å². The van der Waals surface area contributed by atoms with Gasteiger partial charge in [0.2, 0.25) is 17.7 Å². The molecule has 4 atom stereocenters. The van der Waals surface area contributed by atoms with Gasteiger partial charge in [-0.15, -0.1) is 0 Å². The monoisotopic (exact) mass is 527 g/mol. The van der Waals surface area contributed by atoms with Crippen LogP contribution >= 0.6 is 0 Å². The molecular formula is C30H49N5O3. The second kappa shape index (κ2) is 13.1. The summed E-state index contributed by atoms with van der Waals surface area (Å²) in [6.07, 6.45) is 4.46. The Morgan fingerprint density at radius 1 is 1.05 bits per heavy atom. The summed E-state index contributed by atoms with van der Waals surface area (Å²) >= 11 is 0. The summed E-state index contributed by atoms with van der Waals surface area (Å²) in [6, 6.07) is 9.15. The molecule has 2 aliphatic rings. The SMILES string of the molecule is C[C@@H](C(=O)N[C@H](C(=O)N1CCC[C@H]1CN(CCc1ccccc1)C(=O)[C@H]1CCCN1C)C(C)(C)C)N(C)C. The summed E-state index contributed by atoms with van der Waals surface area (Å²) in [7, 11) is 5.75. The van der Waals surface area contributed by atoms with Crippen LogP contribution in [0.2, 0.25) is 0 Å². The summed E-state index contributed by atoms with van der Waals surface area (Å²) in [5.74, 6) is -0.0311. The van der Waals surface area contributed by atoms with Gasteiger partial charge in [-0.3, -0.25) is 24.2 Å². The summed E-state index contributed by atoms with van der Waals surface area (Å²) < 4.78 is 0. The van der Waals surface area contributed by atoms with Crippen molar-refractivity contribution in [2.45, 2.75) is 84.0 Å². The molecule has 0 bridgehead atoms. The average molecular weight is 528 g/mol. The summed E-state index contributed by atoms with van der Waals surface area (Å²) in [4.78, 5) is 48.5. The molecule has 0 unspecified atom stereocenters. The highest BCUT2D eigenvalue weighted by molar-refractivity contribution is 5.90. The molecule has 0 aromatic heterocycles. The zero-order chi connectivity index (χ0) is 28.0. The maximum absolute atomic E-state index is 14.0. The lowest BCUT2D eigenvalue weighted by Crippen LogP contribution is -2.59. The number of carbonyl (C=O) groups excluding carboxylic acids is 3. The van der Waals surface area contributed by atoms with E-state index in [1.165, 1.54) is 5.56 Å². The van der Waals surface area contributed by atoms with Crippen LogP contribution in [0.15, 0.2) is 30.3 Å². The van der Waals surface area contributed by atoms with Crippen molar-refractivity contribution in [1.29, 1.82) is 0 Å². The zero-order valence-corrected chi connectivity index (χ0v) is 24.6. The molecule has 2 fully saturated rings. The Morgan fingerprint density at radius 3 is 2.29 bits per heavy atom. The van der Waals surface area contributed by atoms with Crippen molar-refractivity contribution >= 4 is 17.7 Å². The van der Waals surface area contributed by atoms with E-state index >= 15 is 0 Å². The van der Waals surface area contributed by atoms with E-state index in [9.17, 15) is 14.4 Å². The quantitative estimate of drug-likeness (QED) is 0.506. The van der Waals surface area contributed by atoms with Crippen molar-refractivity contribution in [2.75, 3.05) is 47.3 Å². The van der Waals surface area contributed by atoms with Crippen LogP contribution in [0.25, 0.3) is 0 Å². The van der Waals surface area contributed by atoms with E-state index in [4.69, 9.17) is 0 Å². The topological polar surface area (TPSA) is 76.2 Å². The average Bonchev–Trinajstić information content (AvgIpc) is 3.52. The largest absolute Gasteiger partial charge is 0.342 e. The van der Waals surface area contributed by atoms with E-state index < -0.39 is 11.5 Å².